The van der Waals surface area contributed by atoms with E-state index in [0.717, 1.165) is 30.5 Å². The number of carbonyl (C=O) groups excluding carboxylic acids is 1. The zero-order chi connectivity index (χ0) is 17.8. The first-order valence-corrected chi connectivity index (χ1v) is 8.13. The molecule has 2 heterocycles. The molecule has 0 radical (unpaired) electrons. The van der Waals surface area contributed by atoms with Crippen LogP contribution in [0.2, 0.25) is 0 Å². The minimum absolute atomic E-state index is 0.0131. The van der Waals surface area contributed by atoms with Gasteiger partial charge in [-0.15, -0.1) is 0 Å². The molecule has 2 N–H and O–H groups in total. The summed E-state index contributed by atoms with van der Waals surface area (Å²) in [5, 5.41) is 16.5. The topological polar surface area (TPSA) is 106 Å². The molecular formula is C17H20N4O4. The summed E-state index contributed by atoms with van der Waals surface area (Å²) in [5.74, 6) is -1.46. The summed E-state index contributed by atoms with van der Waals surface area (Å²) >= 11 is 0. The van der Waals surface area contributed by atoms with Gasteiger partial charge in [-0.05, 0) is 30.9 Å². The Balaban J connectivity index is 1.75. The minimum Gasteiger partial charge on any atom is -0.478 e. The molecule has 0 aliphatic heterocycles. The van der Waals surface area contributed by atoms with Crippen LogP contribution in [-0.2, 0) is 17.7 Å². The van der Waals surface area contributed by atoms with Crippen LogP contribution in [0.15, 0.2) is 24.7 Å². The first kappa shape index (κ1) is 17.1. The molecule has 2 aromatic heterocycles. The monoisotopic (exact) mass is 344 g/mol. The van der Waals surface area contributed by atoms with Gasteiger partial charge in [0.25, 0.3) is 5.91 Å². The number of hydrogen-bond donors (Lipinski definition) is 2. The molecule has 1 aliphatic rings. The lowest BCUT2D eigenvalue weighted by Crippen LogP contribution is -2.31. The maximum absolute atomic E-state index is 12.5. The maximum atomic E-state index is 12.5. The summed E-state index contributed by atoms with van der Waals surface area (Å²) in [4.78, 5) is 27.3. The van der Waals surface area contributed by atoms with Crippen molar-refractivity contribution in [3.63, 3.8) is 0 Å². The summed E-state index contributed by atoms with van der Waals surface area (Å²) < 4.78 is 6.91. The number of carboxylic acids is 1. The second kappa shape index (κ2) is 7.43. The van der Waals surface area contributed by atoms with Gasteiger partial charge in [0.15, 0.2) is 0 Å². The van der Waals surface area contributed by atoms with Gasteiger partial charge in [-0.1, -0.05) is 0 Å². The molecule has 2 aromatic rings. The van der Waals surface area contributed by atoms with Gasteiger partial charge in [-0.25, -0.2) is 4.79 Å². The Bertz CT molecular complexity index is 787. The fourth-order valence-corrected chi connectivity index (χ4v) is 2.96. The van der Waals surface area contributed by atoms with E-state index in [1.807, 2.05) is 10.9 Å². The van der Waals surface area contributed by atoms with E-state index >= 15 is 0 Å². The number of fused-ring (bicyclic) bond motifs is 1. The number of carbonyl (C=O) groups is 2. The van der Waals surface area contributed by atoms with Crippen molar-refractivity contribution in [2.45, 2.75) is 31.8 Å². The Hall–Kier alpha value is -2.74. The molecular weight excluding hydrogens is 324 g/mol. The molecule has 25 heavy (non-hydrogen) atoms. The van der Waals surface area contributed by atoms with Crippen LogP contribution in [0, 0.1) is 0 Å². The van der Waals surface area contributed by atoms with Gasteiger partial charge >= 0.3 is 5.97 Å². The second-order valence-corrected chi connectivity index (χ2v) is 5.98. The molecule has 0 saturated carbocycles. The lowest BCUT2D eigenvalue weighted by Gasteiger charge is -2.22. The number of aromatic nitrogens is 3. The Labute approximate surface area is 144 Å². The van der Waals surface area contributed by atoms with Gasteiger partial charge in [-0.3, -0.25) is 14.5 Å². The Morgan fingerprint density at radius 3 is 2.96 bits per heavy atom. The van der Waals surface area contributed by atoms with Crippen molar-refractivity contribution in [2.75, 3.05) is 13.7 Å². The Morgan fingerprint density at radius 2 is 2.20 bits per heavy atom. The van der Waals surface area contributed by atoms with Crippen molar-refractivity contribution in [3.05, 3.63) is 47.0 Å². The lowest BCUT2D eigenvalue weighted by atomic mass is 9.93. The first-order chi connectivity index (χ1) is 12.1. The quantitative estimate of drug-likeness (QED) is 0.821. The molecule has 0 saturated heterocycles. The van der Waals surface area contributed by atoms with E-state index in [4.69, 9.17) is 9.84 Å². The average Bonchev–Trinajstić information content (AvgIpc) is 3.04. The van der Waals surface area contributed by atoms with Crippen LogP contribution >= 0.6 is 0 Å². The summed E-state index contributed by atoms with van der Waals surface area (Å²) in [6, 6.07) is 1.14. The number of carboxylic acid groups (broad SMARTS) is 1. The molecule has 0 fully saturated rings. The van der Waals surface area contributed by atoms with Crippen molar-refractivity contribution in [1.82, 2.24) is 20.1 Å². The zero-order valence-corrected chi connectivity index (χ0v) is 13.9. The molecule has 0 spiro atoms. The largest absolute Gasteiger partial charge is 0.478 e. The number of rotatable bonds is 6. The highest BCUT2D eigenvalue weighted by Crippen LogP contribution is 2.28. The normalized spacial score (nSPS) is 16.3. The van der Waals surface area contributed by atoms with E-state index in [1.165, 1.54) is 18.5 Å². The number of nitrogens with one attached hydrogen (secondary N) is 1. The minimum atomic E-state index is -1.11. The fourth-order valence-electron chi connectivity index (χ4n) is 2.96. The number of amides is 1. The summed E-state index contributed by atoms with van der Waals surface area (Å²) in [5.41, 5.74) is 2.22. The van der Waals surface area contributed by atoms with Gasteiger partial charge in [0, 0.05) is 25.7 Å². The predicted molar refractivity (Wildman–Crippen MR) is 88.4 cm³/mol. The van der Waals surface area contributed by atoms with Gasteiger partial charge in [0.05, 0.1) is 36.0 Å². The number of aryl methyl sites for hydroxylation is 1. The number of nitrogens with zero attached hydrogens (tertiary/aromatic N) is 3. The second-order valence-electron chi connectivity index (χ2n) is 5.98. The fraction of sp³-hybridized carbons (Fsp3) is 0.412. The molecule has 0 bridgehead atoms. The van der Waals surface area contributed by atoms with Crippen LogP contribution in [0.5, 0.6) is 0 Å². The Morgan fingerprint density at radius 1 is 1.40 bits per heavy atom. The SMILES string of the molecule is COCCn1cc2c(n1)C(NC(=O)c1cncc(C(=O)O)c1)CCC2. The van der Waals surface area contributed by atoms with E-state index in [9.17, 15) is 9.59 Å². The maximum Gasteiger partial charge on any atom is 0.337 e. The highest BCUT2D eigenvalue weighted by molar-refractivity contribution is 5.97. The predicted octanol–water partition coefficient (Wildman–Crippen LogP) is 1.43. The van der Waals surface area contributed by atoms with Crippen LogP contribution in [0.25, 0.3) is 0 Å². The number of methoxy groups -OCH3 is 1. The standard InChI is InChI=1S/C17H20N4O4/c1-25-6-5-21-10-11-3-2-4-14(15(11)20-21)19-16(22)12-7-13(17(23)24)9-18-8-12/h7-10,14H,2-6H2,1H3,(H,19,22)(H,23,24). The van der Waals surface area contributed by atoms with Gasteiger partial charge < -0.3 is 15.2 Å². The lowest BCUT2D eigenvalue weighted by molar-refractivity contribution is 0.0696. The molecule has 3 rings (SSSR count). The molecule has 132 valence electrons. The van der Waals surface area contributed by atoms with Crippen LogP contribution in [0.1, 0.15) is 50.9 Å². The number of pyridine rings is 1. The van der Waals surface area contributed by atoms with Crippen LogP contribution < -0.4 is 5.32 Å². The molecule has 8 nitrogen and oxygen atoms in total. The highest BCUT2D eigenvalue weighted by Gasteiger charge is 2.26. The van der Waals surface area contributed by atoms with E-state index in [1.54, 1.807) is 7.11 Å². The van der Waals surface area contributed by atoms with E-state index < -0.39 is 5.97 Å². The van der Waals surface area contributed by atoms with E-state index in [0.29, 0.717) is 13.2 Å². The summed E-state index contributed by atoms with van der Waals surface area (Å²) in [6.45, 7) is 1.24. The van der Waals surface area contributed by atoms with Gasteiger partial charge in [-0.2, -0.15) is 5.10 Å². The van der Waals surface area contributed by atoms with Gasteiger partial charge in [0.2, 0.25) is 0 Å². The molecule has 0 aromatic carbocycles. The van der Waals surface area contributed by atoms with Crippen LogP contribution in [0.3, 0.4) is 0 Å². The molecule has 1 amide bonds. The van der Waals surface area contributed by atoms with Crippen molar-refractivity contribution >= 4 is 11.9 Å². The molecule has 1 aliphatic carbocycles. The van der Waals surface area contributed by atoms with Crippen molar-refractivity contribution in [3.8, 4) is 0 Å². The molecule has 8 heteroatoms. The van der Waals surface area contributed by atoms with E-state index in [2.05, 4.69) is 15.4 Å². The highest BCUT2D eigenvalue weighted by atomic mass is 16.5. The van der Waals surface area contributed by atoms with Crippen molar-refractivity contribution < 1.29 is 19.4 Å². The van der Waals surface area contributed by atoms with E-state index in [-0.39, 0.29) is 23.1 Å². The van der Waals surface area contributed by atoms with Crippen molar-refractivity contribution in [2.24, 2.45) is 0 Å². The summed E-state index contributed by atoms with van der Waals surface area (Å²) in [7, 11) is 1.64. The smallest absolute Gasteiger partial charge is 0.337 e. The zero-order valence-electron chi connectivity index (χ0n) is 13.9. The Kier molecular flexibility index (Phi) is 5.08. The van der Waals surface area contributed by atoms with Crippen LogP contribution in [-0.4, -0.2) is 45.5 Å². The van der Waals surface area contributed by atoms with Gasteiger partial charge in [0.1, 0.15) is 0 Å². The van der Waals surface area contributed by atoms with Crippen LogP contribution in [0.4, 0.5) is 0 Å². The number of hydrogen-bond acceptors (Lipinski definition) is 5. The first-order valence-electron chi connectivity index (χ1n) is 8.13. The average molecular weight is 344 g/mol. The summed E-state index contributed by atoms with van der Waals surface area (Å²) in [6.07, 6.45) is 7.27. The number of aromatic carboxylic acids is 1. The third-order valence-electron chi connectivity index (χ3n) is 4.22. The molecule has 1 atom stereocenters. The van der Waals surface area contributed by atoms with Crippen molar-refractivity contribution in [1.29, 1.82) is 0 Å². The number of ether oxygens (including phenoxy) is 1. The molecule has 1 unspecified atom stereocenters. The third-order valence-corrected chi connectivity index (χ3v) is 4.22. The third kappa shape index (κ3) is 3.85.